The van der Waals surface area contributed by atoms with E-state index in [4.69, 9.17) is 37.7 Å². The Labute approximate surface area is 86.4 Å². The maximum atomic E-state index is 5.56. The van der Waals surface area contributed by atoms with Gasteiger partial charge in [0.2, 0.25) is 0 Å². The summed E-state index contributed by atoms with van der Waals surface area (Å²) in [6.45, 7) is 1.98. The average molecular weight is 242 g/mol. The Morgan fingerprint density at radius 3 is 2.00 bits per heavy atom. The summed E-state index contributed by atoms with van der Waals surface area (Å²) >= 11 is 16.7. The van der Waals surface area contributed by atoms with Crippen molar-refractivity contribution in [2.75, 3.05) is 0 Å². The van der Waals surface area contributed by atoms with Crippen molar-refractivity contribution in [3.8, 4) is 5.75 Å². The van der Waals surface area contributed by atoms with E-state index in [9.17, 15) is 0 Å². The topological polar surface area (TPSA) is 9.23 Å². The van der Waals surface area contributed by atoms with Gasteiger partial charge in [-0.15, -0.1) is 0 Å². The molecule has 0 heterocycles. The highest BCUT2D eigenvalue weighted by Gasteiger charge is 2.29. The lowest BCUT2D eigenvalue weighted by molar-refractivity contribution is 0.596. The van der Waals surface area contributed by atoms with Crippen molar-refractivity contribution in [1.29, 1.82) is 0 Å². The van der Waals surface area contributed by atoms with E-state index in [2.05, 4.69) is 0 Å². The van der Waals surface area contributed by atoms with Crippen LogP contribution in [0.4, 0.5) is 0 Å². The lowest BCUT2D eigenvalue weighted by atomic mass is 10.2. The average Bonchev–Trinajstić information content (AvgIpc) is 1.91. The summed E-state index contributed by atoms with van der Waals surface area (Å²) in [5.41, 5.74) is 1.15. The summed E-state index contributed by atoms with van der Waals surface area (Å²) in [5.74, 6) is 0.604. The molecule has 1 aromatic rings. The van der Waals surface area contributed by atoms with Crippen LogP contribution in [0.3, 0.4) is 0 Å². The maximum Gasteiger partial charge on any atom is 0.555 e. The predicted molar refractivity (Wildman–Crippen MR) is 55.1 cm³/mol. The molecule has 1 nitrogen and oxygen atoms in total. The molecule has 12 heavy (non-hydrogen) atoms. The standard InChI is InChI=1S/C7H7Cl3OSi/c1-6-2-4-7(5-3-6)11-12(8,9)10/h2-5H,1H3. The largest absolute Gasteiger partial charge is 0.555 e. The number of hydrogen-bond acceptors (Lipinski definition) is 1. The van der Waals surface area contributed by atoms with Gasteiger partial charge in [-0.3, -0.25) is 0 Å². The fourth-order valence-electron chi connectivity index (χ4n) is 0.740. The third kappa shape index (κ3) is 3.67. The molecule has 0 N–H and O–H groups in total. The molecule has 0 saturated heterocycles. The number of benzene rings is 1. The van der Waals surface area contributed by atoms with E-state index in [1.165, 1.54) is 0 Å². The molecule has 0 spiro atoms. The summed E-state index contributed by atoms with van der Waals surface area (Å²) in [7, 11) is 0. The van der Waals surface area contributed by atoms with E-state index < -0.39 is 6.25 Å². The Morgan fingerprint density at radius 2 is 1.58 bits per heavy atom. The molecule has 0 radical (unpaired) electrons. The van der Waals surface area contributed by atoms with Crippen LogP contribution in [0.5, 0.6) is 5.75 Å². The number of rotatable bonds is 2. The van der Waals surface area contributed by atoms with Crippen molar-refractivity contribution in [3.63, 3.8) is 0 Å². The second-order valence-corrected chi connectivity index (χ2v) is 9.99. The van der Waals surface area contributed by atoms with Crippen LogP contribution in [-0.2, 0) is 0 Å². The zero-order valence-corrected chi connectivity index (χ0v) is 9.62. The molecule has 0 aliphatic rings. The fraction of sp³-hybridized carbons (Fsp3) is 0.143. The second kappa shape index (κ2) is 3.88. The van der Waals surface area contributed by atoms with Crippen LogP contribution in [0.25, 0.3) is 0 Å². The Kier molecular flexibility index (Phi) is 3.29. The van der Waals surface area contributed by atoms with Crippen molar-refractivity contribution in [3.05, 3.63) is 29.8 Å². The summed E-state index contributed by atoms with van der Waals surface area (Å²) in [6.07, 6.45) is -3.00. The molecule has 0 amide bonds. The highest BCUT2D eigenvalue weighted by Crippen LogP contribution is 2.25. The van der Waals surface area contributed by atoms with Gasteiger partial charge in [0.1, 0.15) is 5.75 Å². The molecule has 0 aliphatic heterocycles. The molecule has 0 unspecified atom stereocenters. The van der Waals surface area contributed by atoms with Crippen molar-refractivity contribution >= 4 is 39.5 Å². The zero-order chi connectivity index (χ0) is 9.19. The molecule has 0 aromatic heterocycles. The second-order valence-electron chi connectivity index (χ2n) is 2.36. The van der Waals surface area contributed by atoms with Gasteiger partial charge in [-0.05, 0) is 19.1 Å². The lowest BCUT2D eigenvalue weighted by Gasteiger charge is -2.10. The smallest absolute Gasteiger partial charge is 0.508 e. The minimum Gasteiger partial charge on any atom is -0.508 e. The Bertz CT molecular complexity index is 254. The third-order valence-corrected chi connectivity index (χ3v) is 2.42. The van der Waals surface area contributed by atoms with Gasteiger partial charge >= 0.3 is 6.25 Å². The normalized spacial score (nSPS) is 11.3. The maximum absolute atomic E-state index is 5.56. The van der Waals surface area contributed by atoms with Crippen LogP contribution in [0.15, 0.2) is 24.3 Å². The number of halogens is 3. The number of hydrogen-bond donors (Lipinski definition) is 0. The molecule has 66 valence electrons. The first kappa shape index (κ1) is 10.2. The first-order valence-corrected chi connectivity index (χ1v) is 8.24. The number of aryl methyl sites for hydroxylation is 1. The van der Waals surface area contributed by atoms with Crippen molar-refractivity contribution in [1.82, 2.24) is 0 Å². The van der Waals surface area contributed by atoms with Gasteiger partial charge in [0, 0.05) is 0 Å². The quantitative estimate of drug-likeness (QED) is 0.569. The van der Waals surface area contributed by atoms with Gasteiger partial charge in [0.15, 0.2) is 0 Å². The van der Waals surface area contributed by atoms with Crippen LogP contribution in [-0.4, -0.2) is 6.25 Å². The predicted octanol–water partition coefficient (Wildman–Crippen LogP) is 3.53. The van der Waals surface area contributed by atoms with E-state index in [1.807, 2.05) is 19.1 Å². The minimum absolute atomic E-state index is 0.604. The van der Waals surface area contributed by atoms with Crippen molar-refractivity contribution in [2.45, 2.75) is 6.92 Å². The lowest BCUT2D eigenvalue weighted by Crippen LogP contribution is -2.19. The van der Waals surface area contributed by atoms with Gasteiger partial charge in [0.25, 0.3) is 0 Å². The van der Waals surface area contributed by atoms with Crippen molar-refractivity contribution in [2.24, 2.45) is 0 Å². The van der Waals surface area contributed by atoms with Crippen LogP contribution < -0.4 is 4.43 Å². The van der Waals surface area contributed by atoms with Gasteiger partial charge in [0.05, 0.1) is 0 Å². The first-order chi connectivity index (χ1) is 5.47. The molecule has 0 atom stereocenters. The van der Waals surface area contributed by atoms with Crippen LogP contribution >= 0.6 is 33.2 Å². The van der Waals surface area contributed by atoms with Gasteiger partial charge in [-0.1, -0.05) is 50.9 Å². The Hall–Kier alpha value is 0.107. The van der Waals surface area contributed by atoms with Crippen LogP contribution in [0, 0.1) is 6.92 Å². The van der Waals surface area contributed by atoms with E-state index in [0.29, 0.717) is 5.75 Å². The van der Waals surface area contributed by atoms with Crippen molar-refractivity contribution < 1.29 is 4.43 Å². The minimum atomic E-state index is -3.00. The highest BCUT2D eigenvalue weighted by molar-refractivity contribution is 7.62. The third-order valence-electron chi connectivity index (χ3n) is 1.25. The summed E-state index contributed by atoms with van der Waals surface area (Å²) in [4.78, 5) is 0. The summed E-state index contributed by atoms with van der Waals surface area (Å²) < 4.78 is 5.09. The van der Waals surface area contributed by atoms with Gasteiger partial charge in [-0.25, -0.2) is 0 Å². The van der Waals surface area contributed by atoms with E-state index >= 15 is 0 Å². The van der Waals surface area contributed by atoms with Gasteiger partial charge in [-0.2, -0.15) is 0 Å². The molecule has 0 bridgehead atoms. The molecule has 0 fully saturated rings. The summed E-state index contributed by atoms with van der Waals surface area (Å²) in [5, 5.41) is 0. The van der Waals surface area contributed by atoms with Crippen LogP contribution in [0.2, 0.25) is 0 Å². The first-order valence-electron chi connectivity index (χ1n) is 3.30. The highest BCUT2D eigenvalue weighted by atomic mass is 35.8. The molecule has 5 heteroatoms. The Morgan fingerprint density at radius 1 is 1.08 bits per heavy atom. The molecule has 0 aliphatic carbocycles. The zero-order valence-electron chi connectivity index (χ0n) is 6.35. The molecule has 1 aromatic carbocycles. The van der Waals surface area contributed by atoms with E-state index in [-0.39, 0.29) is 0 Å². The molecular weight excluding hydrogens is 235 g/mol. The summed E-state index contributed by atoms with van der Waals surface area (Å²) in [6, 6.07) is 7.37. The van der Waals surface area contributed by atoms with E-state index in [1.54, 1.807) is 12.1 Å². The van der Waals surface area contributed by atoms with Crippen LogP contribution in [0.1, 0.15) is 5.56 Å². The molecule has 1 rings (SSSR count). The van der Waals surface area contributed by atoms with E-state index in [0.717, 1.165) is 5.56 Å². The molecular formula is C7H7Cl3OSi. The van der Waals surface area contributed by atoms with Gasteiger partial charge < -0.3 is 4.43 Å². The fourth-order valence-corrected chi connectivity index (χ4v) is 1.95. The molecule has 0 saturated carbocycles. The Balaban J connectivity index is 2.71. The monoisotopic (exact) mass is 240 g/mol. The SMILES string of the molecule is Cc1ccc(O[Si](Cl)(Cl)Cl)cc1.